The van der Waals surface area contributed by atoms with Crippen molar-refractivity contribution in [2.24, 2.45) is 5.92 Å². The minimum absolute atomic E-state index is 0.420. The van der Waals surface area contributed by atoms with Crippen LogP contribution in [0, 0.1) is 5.92 Å². The molecule has 15 heavy (non-hydrogen) atoms. The second-order valence-corrected chi connectivity index (χ2v) is 4.81. The van der Waals surface area contributed by atoms with Crippen LogP contribution >= 0.6 is 0 Å². The van der Waals surface area contributed by atoms with Crippen molar-refractivity contribution in [3.63, 3.8) is 0 Å². The second kappa shape index (κ2) is 5.45. The number of hydrogen-bond acceptors (Lipinski definition) is 2. The van der Waals surface area contributed by atoms with E-state index in [4.69, 9.17) is 0 Å². The van der Waals surface area contributed by atoms with Crippen molar-refractivity contribution in [2.75, 3.05) is 13.1 Å². The quantitative estimate of drug-likeness (QED) is 0.770. The minimum atomic E-state index is 0.420. The molecular weight excluding hydrogens is 186 g/mol. The first-order valence-corrected chi connectivity index (χ1v) is 6.29. The van der Waals surface area contributed by atoms with Crippen LogP contribution in [0.1, 0.15) is 44.9 Å². The Morgan fingerprint density at radius 2 is 2.33 bits per heavy atom. The molecule has 2 aliphatic rings. The fraction of sp³-hybridized carbons (Fsp3) is 0.769. The van der Waals surface area contributed by atoms with E-state index in [1.807, 2.05) is 0 Å². The topological polar surface area (TPSA) is 29.1 Å². The summed E-state index contributed by atoms with van der Waals surface area (Å²) in [5, 5.41) is 3.37. The van der Waals surface area contributed by atoms with E-state index in [-0.39, 0.29) is 0 Å². The Morgan fingerprint density at radius 1 is 1.40 bits per heavy atom. The van der Waals surface area contributed by atoms with Gasteiger partial charge >= 0.3 is 0 Å². The van der Waals surface area contributed by atoms with Gasteiger partial charge in [0, 0.05) is 6.42 Å². The van der Waals surface area contributed by atoms with Gasteiger partial charge in [0.1, 0.15) is 0 Å². The maximum atomic E-state index is 12.0. The zero-order chi connectivity index (χ0) is 10.5. The van der Waals surface area contributed by atoms with Crippen molar-refractivity contribution >= 4 is 5.78 Å². The summed E-state index contributed by atoms with van der Waals surface area (Å²) in [4.78, 5) is 12.0. The number of nitrogens with one attached hydrogen (secondary N) is 1. The van der Waals surface area contributed by atoms with Crippen molar-refractivity contribution in [1.82, 2.24) is 5.32 Å². The molecular formula is C13H21NO. The van der Waals surface area contributed by atoms with Crippen molar-refractivity contribution < 1.29 is 4.79 Å². The molecule has 0 spiro atoms. The van der Waals surface area contributed by atoms with Gasteiger partial charge in [0.2, 0.25) is 0 Å². The molecule has 2 nitrogen and oxygen atoms in total. The number of Topliss-reactive ketones (excluding diaryl/α,β-unsaturated/α-hetero) is 1. The number of allylic oxidation sites excluding steroid dienone is 2. The Balaban J connectivity index is 1.82. The SMILES string of the molecule is O=C(CC1CCCNC1)C1=CCCCC1. The van der Waals surface area contributed by atoms with Crippen LogP contribution in [0.5, 0.6) is 0 Å². The van der Waals surface area contributed by atoms with Crippen LogP contribution < -0.4 is 5.32 Å². The van der Waals surface area contributed by atoms with Gasteiger partial charge in [0.15, 0.2) is 5.78 Å². The molecule has 0 bridgehead atoms. The van der Waals surface area contributed by atoms with Crippen LogP contribution in [0.25, 0.3) is 0 Å². The highest BCUT2D eigenvalue weighted by Crippen LogP contribution is 2.22. The number of rotatable bonds is 3. The van der Waals surface area contributed by atoms with Gasteiger partial charge in [-0.2, -0.15) is 0 Å². The van der Waals surface area contributed by atoms with Gasteiger partial charge in [0.25, 0.3) is 0 Å². The Bertz CT molecular complexity index is 251. The third-order valence-electron chi connectivity index (χ3n) is 3.52. The van der Waals surface area contributed by atoms with E-state index < -0.39 is 0 Å². The van der Waals surface area contributed by atoms with Crippen LogP contribution in [0.4, 0.5) is 0 Å². The molecule has 2 heteroatoms. The van der Waals surface area contributed by atoms with Gasteiger partial charge in [-0.05, 0) is 63.1 Å². The summed E-state index contributed by atoms with van der Waals surface area (Å²) in [6.45, 7) is 2.17. The monoisotopic (exact) mass is 207 g/mol. The van der Waals surface area contributed by atoms with E-state index in [0.29, 0.717) is 11.7 Å². The predicted octanol–water partition coefficient (Wildman–Crippen LogP) is 2.45. The highest BCUT2D eigenvalue weighted by molar-refractivity contribution is 5.95. The first kappa shape index (κ1) is 10.9. The molecule has 0 saturated carbocycles. The first-order chi connectivity index (χ1) is 7.36. The lowest BCUT2D eigenvalue weighted by Gasteiger charge is -2.23. The smallest absolute Gasteiger partial charge is 0.158 e. The Hall–Kier alpha value is -0.630. The molecule has 84 valence electrons. The van der Waals surface area contributed by atoms with Crippen LogP contribution in [0.3, 0.4) is 0 Å². The van der Waals surface area contributed by atoms with Crippen molar-refractivity contribution in [1.29, 1.82) is 0 Å². The van der Waals surface area contributed by atoms with E-state index in [2.05, 4.69) is 11.4 Å². The number of carbonyl (C=O) groups excluding carboxylic acids is 1. The highest BCUT2D eigenvalue weighted by atomic mass is 16.1. The zero-order valence-corrected chi connectivity index (χ0v) is 9.43. The van der Waals surface area contributed by atoms with E-state index in [1.165, 1.54) is 25.7 Å². The van der Waals surface area contributed by atoms with Crippen LogP contribution in [0.15, 0.2) is 11.6 Å². The van der Waals surface area contributed by atoms with E-state index in [1.54, 1.807) is 0 Å². The molecule has 1 unspecified atom stereocenters. The Kier molecular flexibility index (Phi) is 3.95. The molecule has 0 amide bonds. The largest absolute Gasteiger partial charge is 0.316 e. The molecule has 0 aromatic carbocycles. The molecule has 1 heterocycles. The molecule has 1 atom stereocenters. The first-order valence-electron chi connectivity index (χ1n) is 6.29. The third-order valence-corrected chi connectivity index (χ3v) is 3.52. The number of hydrogen-bond donors (Lipinski definition) is 1. The molecule has 2 rings (SSSR count). The van der Waals surface area contributed by atoms with Crippen LogP contribution in [0.2, 0.25) is 0 Å². The molecule has 0 aromatic rings. The van der Waals surface area contributed by atoms with E-state index in [0.717, 1.165) is 37.9 Å². The van der Waals surface area contributed by atoms with Crippen LogP contribution in [-0.4, -0.2) is 18.9 Å². The molecule has 0 radical (unpaired) electrons. The Labute approximate surface area is 92.1 Å². The zero-order valence-electron chi connectivity index (χ0n) is 9.43. The van der Waals surface area contributed by atoms with Crippen LogP contribution in [-0.2, 0) is 4.79 Å². The third kappa shape index (κ3) is 3.16. The predicted molar refractivity (Wildman–Crippen MR) is 61.8 cm³/mol. The maximum absolute atomic E-state index is 12.0. The normalized spacial score (nSPS) is 27.2. The van der Waals surface area contributed by atoms with Gasteiger partial charge in [-0.15, -0.1) is 0 Å². The number of ketones is 1. The number of carbonyl (C=O) groups is 1. The van der Waals surface area contributed by atoms with Gasteiger partial charge in [-0.3, -0.25) is 4.79 Å². The van der Waals surface area contributed by atoms with Gasteiger partial charge in [-0.1, -0.05) is 6.08 Å². The fourth-order valence-corrected chi connectivity index (χ4v) is 2.58. The van der Waals surface area contributed by atoms with Gasteiger partial charge in [0.05, 0.1) is 0 Å². The lowest BCUT2D eigenvalue weighted by Crippen LogP contribution is -2.31. The Morgan fingerprint density at radius 3 is 3.00 bits per heavy atom. The molecule has 1 N–H and O–H groups in total. The summed E-state index contributed by atoms with van der Waals surface area (Å²) >= 11 is 0. The summed E-state index contributed by atoms with van der Waals surface area (Å²) in [6, 6.07) is 0. The average Bonchev–Trinajstić information content (AvgIpc) is 2.31. The standard InChI is InChI=1S/C13H21NO/c15-13(12-6-2-1-3-7-12)9-11-5-4-8-14-10-11/h6,11,14H,1-5,7-10H2. The number of piperidine rings is 1. The molecule has 1 aliphatic carbocycles. The fourth-order valence-electron chi connectivity index (χ4n) is 2.58. The second-order valence-electron chi connectivity index (χ2n) is 4.81. The van der Waals surface area contributed by atoms with Crippen molar-refractivity contribution in [3.8, 4) is 0 Å². The summed E-state index contributed by atoms with van der Waals surface area (Å²) in [5.41, 5.74) is 1.12. The van der Waals surface area contributed by atoms with E-state index in [9.17, 15) is 4.79 Å². The summed E-state index contributed by atoms with van der Waals surface area (Å²) in [7, 11) is 0. The maximum Gasteiger partial charge on any atom is 0.158 e. The molecule has 1 aliphatic heterocycles. The van der Waals surface area contributed by atoms with E-state index >= 15 is 0 Å². The average molecular weight is 207 g/mol. The summed E-state index contributed by atoms with van der Waals surface area (Å²) in [5.74, 6) is 1.01. The minimum Gasteiger partial charge on any atom is -0.316 e. The van der Waals surface area contributed by atoms with Crippen molar-refractivity contribution in [2.45, 2.75) is 44.9 Å². The van der Waals surface area contributed by atoms with Crippen molar-refractivity contribution in [3.05, 3.63) is 11.6 Å². The lowest BCUT2D eigenvalue weighted by atomic mass is 9.88. The molecule has 0 aromatic heterocycles. The lowest BCUT2D eigenvalue weighted by molar-refractivity contribution is -0.116. The molecule has 1 fully saturated rings. The van der Waals surface area contributed by atoms with Gasteiger partial charge in [-0.25, -0.2) is 0 Å². The van der Waals surface area contributed by atoms with Gasteiger partial charge < -0.3 is 5.32 Å². The summed E-state index contributed by atoms with van der Waals surface area (Å²) < 4.78 is 0. The highest BCUT2D eigenvalue weighted by Gasteiger charge is 2.19. The molecule has 1 saturated heterocycles. The summed E-state index contributed by atoms with van der Waals surface area (Å²) in [6.07, 6.45) is 10.0.